The van der Waals surface area contributed by atoms with Gasteiger partial charge in [-0.2, -0.15) is 5.26 Å². The Balaban J connectivity index is 0.00000253. The van der Waals surface area contributed by atoms with Crippen molar-refractivity contribution in [2.45, 2.75) is 56.6 Å². The van der Waals surface area contributed by atoms with Crippen molar-refractivity contribution in [2.75, 3.05) is 5.32 Å². The lowest BCUT2D eigenvalue weighted by atomic mass is 9.93. The fraction of sp³-hybridized carbons (Fsp3) is 0.333. The van der Waals surface area contributed by atoms with E-state index in [2.05, 4.69) is 51.3 Å². The summed E-state index contributed by atoms with van der Waals surface area (Å²) < 4.78 is 2.26. The highest BCUT2D eigenvalue weighted by molar-refractivity contribution is 5.85. The van der Waals surface area contributed by atoms with Crippen LogP contribution in [0.4, 0.5) is 11.6 Å². The highest BCUT2D eigenvalue weighted by atomic mass is 35.5. The smallest absolute Gasteiger partial charge is 0.132 e. The molecule has 0 atom stereocenters. The minimum Gasteiger partial charge on any atom is -0.393 e. The average Bonchev–Trinajstić information content (AvgIpc) is 3.64. The zero-order valence-electron chi connectivity index (χ0n) is 19.3. The van der Waals surface area contributed by atoms with Crippen molar-refractivity contribution < 1.29 is 5.11 Å². The van der Waals surface area contributed by atoms with Gasteiger partial charge < -0.3 is 15.0 Å². The van der Waals surface area contributed by atoms with Crippen LogP contribution in [0.1, 0.15) is 61.6 Å². The van der Waals surface area contributed by atoms with Crippen LogP contribution >= 0.6 is 12.4 Å². The van der Waals surface area contributed by atoms with E-state index in [1.807, 2.05) is 6.33 Å². The maximum Gasteiger partial charge on any atom is 0.132 e. The number of nitriles is 1. The Kier molecular flexibility index (Phi) is 6.42. The molecule has 3 aromatic heterocycles. The normalized spacial score (nSPS) is 19.7. The number of benzene rings is 1. The number of rotatable bonds is 5. The predicted molar refractivity (Wildman–Crippen MR) is 138 cm³/mol. The highest BCUT2D eigenvalue weighted by Gasteiger charge is 2.25. The van der Waals surface area contributed by atoms with Gasteiger partial charge in [0.25, 0.3) is 0 Å². The lowest BCUT2D eigenvalue weighted by Crippen LogP contribution is -2.20. The second-order valence-electron chi connectivity index (χ2n) is 9.43. The fourth-order valence-electron chi connectivity index (χ4n) is 4.93. The van der Waals surface area contributed by atoms with Gasteiger partial charge >= 0.3 is 0 Å². The summed E-state index contributed by atoms with van der Waals surface area (Å²) in [6.45, 7) is 0. The summed E-state index contributed by atoms with van der Waals surface area (Å²) >= 11 is 0. The number of aromatic nitrogens is 4. The molecule has 8 heteroatoms. The molecule has 0 radical (unpaired) electrons. The minimum absolute atomic E-state index is 0. The van der Waals surface area contributed by atoms with Gasteiger partial charge in [0, 0.05) is 17.8 Å². The van der Waals surface area contributed by atoms with E-state index in [4.69, 9.17) is 9.97 Å². The van der Waals surface area contributed by atoms with Crippen LogP contribution < -0.4 is 5.32 Å². The molecular formula is C27H27ClN6O. The van der Waals surface area contributed by atoms with Crippen LogP contribution in [0.15, 0.2) is 55.0 Å². The molecule has 0 bridgehead atoms. The van der Waals surface area contributed by atoms with Gasteiger partial charge in [0.2, 0.25) is 0 Å². The zero-order chi connectivity index (χ0) is 23.1. The van der Waals surface area contributed by atoms with Crippen LogP contribution in [0.5, 0.6) is 0 Å². The van der Waals surface area contributed by atoms with E-state index in [-0.39, 0.29) is 18.5 Å². The Morgan fingerprint density at radius 2 is 1.77 bits per heavy atom. The van der Waals surface area contributed by atoms with E-state index < -0.39 is 0 Å². The standard InChI is InChI=1S/C27H26N6O.ClH/c28-15-17-9-10-29-26(11-17)32-27-14-20(18-1-2-18)13-23(31-27)19-3-8-25-24(12-19)30-16-33(25)21-4-6-22(34)7-5-21;/h3,8-14,16,18,21-22,34H,1-2,4-7H2,(H,29,31,32);1H. The first-order valence-electron chi connectivity index (χ1n) is 12.0. The number of pyridine rings is 2. The number of halogens is 1. The molecule has 0 saturated heterocycles. The van der Waals surface area contributed by atoms with E-state index in [0.29, 0.717) is 23.3 Å². The van der Waals surface area contributed by atoms with Crippen LogP contribution in [0, 0.1) is 11.3 Å². The molecule has 2 saturated carbocycles. The van der Waals surface area contributed by atoms with Gasteiger partial charge in [-0.05, 0) is 86.4 Å². The summed E-state index contributed by atoms with van der Waals surface area (Å²) in [5, 5.41) is 22.3. The molecule has 6 rings (SSSR count). The second kappa shape index (κ2) is 9.65. The molecule has 2 fully saturated rings. The second-order valence-corrected chi connectivity index (χ2v) is 9.43. The Bertz CT molecular complexity index is 1400. The zero-order valence-corrected chi connectivity index (χ0v) is 20.1. The molecule has 0 aliphatic heterocycles. The summed E-state index contributed by atoms with van der Waals surface area (Å²) in [4.78, 5) is 13.9. The Hall–Kier alpha value is -3.47. The minimum atomic E-state index is -0.164. The summed E-state index contributed by atoms with van der Waals surface area (Å²) in [7, 11) is 0. The van der Waals surface area contributed by atoms with Gasteiger partial charge in [-0.3, -0.25) is 0 Å². The number of imidazole rings is 1. The summed E-state index contributed by atoms with van der Waals surface area (Å²) in [5.74, 6) is 1.91. The number of nitrogens with one attached hydrogen (secondary N) is 1. The van der Waals surface area contributed by atoms with E-state index >= 15 is 0 Å². The molecule has 0 unspecified atom stereocenters. The summed E-state index contributed by atoms with van der Waals surface area (Å²) in [5.41, 5.74) is 5.85. The van der Waals surface area contributed by atoms with Crippen LogP contribution in [0.2, 0.25) is 0 Å². The number of aliphatic hydroxyl groups excluding tert-OH is 1. The topological polar surface area (TPSA) is 99.7 Å². The lowest BCUT2D eigenvalue weighted by molar-refractivity contribution is 0.111. The molecule has 2 aliphatic carbocycles. The number of anilines is 2. The van der Waals surface area contributed by atoms with Gasteiger partial charge in [-0.15, -0.1) is 12.4 Å². The maximum absolute atomic E-state index is 9.85. The third-order valence-corrected chi connectivity index (χ3v) is 6.97. The van der Waals surface area contributed by atoms with Crippen LogP contribution in [0.25, 0.3) is 22.3 Å². The molecule has 7 nitrogen and oxygen atoms in total. The van der Waals surface area contributed by atoms with Crippen molar-refractivity contribution in [3.05, 3.63) is 66.1 Å². The van der Waals surface area contributed by atoms with Gasteiger partial charge in [-0.1, -0.05) is 6.07 Å². The van der Waals surface area contributed by atoms with Crippen molar-refractivity contribution in [1.29, 1.82) is 5.26 Å². The first-order chi connectivity index (χ1) is 16.7. The maximum atomic E-state index is 9.85. The predicted octanol–water partition coefficient (Wildman–Crippen LogP) is 5.88. The van der Waals surface area contributed by atoms with Crippen molar-refractivity contribution in [2.24, 2.45) is 0 Å². The van der Waals surface area contributed by atoms with E-state index in [1.54, 1.807) is 18.3 Å². The number of fused-ring (bicyclic) bond motifs is 1. The third kappa shape index (κ3) is 4.86. The van der Waals surface area contributed by atoms with Crippen molar-refractivity contribution >= 4 is 35.1 Å². The van der Waals surface area contributed by atoms with Gasteiger partial charge in [0.05, 0.1) is 40.8 Å². The SMILES string of the molecule is Cl.N#Cc1ccnc(Nc2cc(C3CC3)cc(-c3ccc4c(c3)ncn4C3CCC(O)CC3)n2)c1. The van der Waals surface area contributed by atoms with Crippen molar-refractivity contribution in [3.63, 3.8) is 0 Å². The summed E-state index contributed by atoms with van der Waals surface area (Å²) in [6.07, 6.45) is 9.46. The third-order valence-electron chi connectivity index (χ3n) is 6.97. The number of nitrogens with zero attached hydrogens (tertiary/aromatic N) is 5. The van der Waals surface area contributed by atoms with Crippen LogP contribution in [-0.4, -0.2) is 30.7 Å². The van der Waals surface area contributed by atoms with E-state index in [9.17, 15) is 10.4 Å². The number of aliphatic hydroxyl groups is 1. The van der Waals surface area contributed by atoms with Gasteiger partial charge in [0.1, 0.15) is 11.6 Å². The molecule has 4 aromatic rings. The molecule has 2 N–H and O–H groups in total. The molecule has 0 spiro atoms. The first-order valence-corrected chi connectivity index (χ1v) is 12.0. The monoisotopic (exact) mass is 486 g/mol. The van der Waals surface area contributed by atoms with E-state index in [1.165, 1.54) is 18.4 Å². The number of hydrogen-bond donors (Lipinski definition) is 2. The average molecular weight is 487 g/mol. The van der Waals surface area contributed by atoms with Crippen LogP contribution in [0.3, 0.4) is 0 Å². The first kappa shape index (κ1) is 23.3. The Morgan fingerprint density at radius 1 is 0.943 bits per heavy atom. The van der Waals surface area contributed by atoms with Crippen LogP contribution in [-0.2, 0) is 0 Å². The van der Waals surface area contributed by atoms with Gasteiger partial charge in [-0.25, -0.2) is 15.0 Å². The Labute approximate surface area is 210 Å². The molecule has 35 heavy (non-hydrogen) atoms. The molecule has 178 valence electrons. The number of hydrogen-bond acceptors (Lipinski definition) is 6. The highest BCUT2D eigenvalue weighted by Crippen LogP contribution is 2.42. The van der Waals surface area contributed by atoms with Crippen molar-refractivity contribution in [1.82, 2.24) is 19.5 Å². The van der Waals surface area contributed by atoms with E-state index in [0.717, 1.165) is 53.8 Å². The van der Waals surface area contributed by atoms with Crippen molar-refractivity contribution in [3.8, 4) is 17.3 Å². The molecule has 3 heterocycles. The molecular weight excluding hydrogens is 460 g/mol. The molecule has 0 amide bonds. The Morgan fingerprint density at radius 3 is 2.54 bits per heavy atom. The quantitative estimate of drug-likeness (QED) is 0.365. The largest absolute Gasteiger partial charge is 0.393 e. The molecule has 1 aromatic carbocycles. The summed E-state index contributed by atoms with van der Waals surface area (Å²) in [6, 6.07) is 16.6. The molecule has 2 aliphatic rings. The fourth-order valence-corrected chi connectivity index (χ4v) is 4.93. The van der Waals surface area contributed by atoms with Gasteiger partial charge in [0.15, 0.2) is 0 Å². The lowest BCUT2D eigenvalue weighted by Gasteiger charge is -2.26.